The number of aryl methyl sites for hydroxylation is 1. The Morgan fingerprint density at radius 1 is 1.43 bits per heavy atom. The van der Waals surface area contributed by atoms with E-state index in [1.54, 1.807) is 17.5 Å². The molecule has 0 atom stereocenters. The standard InChI is InChI=1S/C9H8IN3S/c1-6-8(14-9(12-6)13-10)7-4-2-3-5-11-7/h2-5H,1H3,(H,12,13). The fourth-order valence-electron chi connectivity index (χ4n) is 1.17. The van der Waals surface area contributed by atoms with Gasteiger partial charge in [-0.2, -0.15) is 0 Å². The average molecular weight is 317 g/mol. The number of halogens is 1. The molecule has 2 aromatic rings. The van der Waals surface area contributed by atoms with E-state index in [4.69, 9.17) is 0 Å². The van der Waals surface area contributed by atoms with Crippen LogP contribution in [0.15, 0.2) is 24.4 Å². The molecule has 2 heterocycles. The SMILES string of the molecule is Cc1nc(NI)sc1-c1ccccn1. The maximum absolute atomic E-state index is 4.37. The second-order valence-corrected chi connectivity index (χ2v) is 4.28. The molecule has 72 valence electrons. The van der Waals surface area contributed by atoms with Gasteiger partial charge in [0.2, 0.25) is 0 Å². The Morgan fingerprint density at radius 3 is 2.86 bits per heavy atom. The van der Waals surface area contributed by atoms with Gasteiger partial charge in [0.25, 0.3) is 0 Å². The van der Waals surface area contributed by atoms with E-state index < -0.39 is 0 Å². The lowest BCUT2D eigenvalue weighted by Crippen LogP contribution is -1.81. The number of anilines is 1. The van der Waals surface area contributed by atoms with Crippen molar-refractivity contribution in [2.45, 2.75) is 6.92 Å². The van der Waals surface area contributed by atoms with Crippen molar-refractivity contribution in [3.05, 3.63) is 30.1 Å². The van der Waals surface area contributed by atoms with Crippen LogP contribution < -0.4 is 3.53 Å². The Bertz CT molecular complexity index is 427. The van der Waals surface area contributed by atoms with Gasteiger partial charge in [0.15, 0.2) is 5.13 Å². The van der Waals surface area contributed by atoms with Crippen LogP contribution in [0.25, 0.3) is 10.6 Å². The lowest BCUT2D eigenvalue weighted by Gasteiger charge is -1.94. The van der Waals surface area contributed by atoms with Crippen LogP contribution in [-0.2, 0) is 0 Å². The maximum atomic E-state index is 4.37. The van der Waals surface area contributed by atoms with Gasteiger partial charge in [-0.15, -0.1) is 0 Å². The topological polar surface area (TPSA) is 37.8 Å². The lowest BCUT2D eigenvalue weighted by atomic mass is 10.3. The first-order chi connectivity index (χ1) is 6.81. The van der Waals surface area contributed by atoms with E-state index >= 15 is 0 Å². The third-order valence-corrected chi connectivity index (χ3v) is 3.75. The van der Waals surface area contributed by atoms with Crippen LogP contribution in [-0.4, -0.2) is 9.97 Å². The molecule has 0 aromatic carbocycles. The molecule has 0 radical (unpaired) electrons. The summed E-state index contributed by atoms with van der Waals surface area (Å²) in [6.45, 7) is 2.00. The lowest BCUT2D eigenvalue weighted by molar-refractivity contribution is 1.25. The number of aromatic nitrogens is 2. The zero-order valence-corrected chi connectivity index (χ0v) is 10.5. The van der Waals surface area contributed by atoms with Crippen molar-refractivity contribution in [2.75, 3.05) is 3.53 Å². The van der Waals surface area contributed by atoms with Crippen LogP contribution in [0.5, 0.6) is 0 Å². The highest BCUT2D eigenvalue weighted by molar-refractivity contribution is 14.1. The molecule has 5 heteroatoms. The molecule has 1 N–H and O–H groups in total. The molecular weight excluding hydrogens is 309 g/mol. The Kier molecular flexibility index (Phi) is 2.97. The molecule has 0 amide bonds. The van der Waals surface area contributed by atoms with Crippen molar-refractivity contribution < 1.29 is 0 Å². The molecule has 0 spiro atoms. The van der Waals surface area contributed by atoms with Gasteiger partial charge in [-0.3, -0.25) is 4.98 Å². The summed E-state index contributed by atoms with van der Waals surface area (Å²) in [5.74, 6) is 0. The van der Waals surface area contributed by atoms with Crippen molar-refractivity contribution in [3.8, 4) is 10.6 Å². The maximum Gasteiger partial charge on any atom is 0.192 e. The van der Waals surface area contributed by atoms with Crippen molar-refractivity contribution in [3.63, 3.8) is 0 Å². The van der Waals surface area contributed by atoms with Crippen LogP contribution in [0.2, 0.25) is 0 Å². The van der Waals surface area contributed by atoms with Gasteiger partial charge in [0, 0.05) is 6.20 Å². The number of thiazole rings is 1. The van der Waals surface area contributed by atoms with E-state index in [2.05, 4.69) is 36.4 Å². The Morgan fingerprint density at radius 2 is 2.29 bits per heavy atom. The van der Waals surface area contributed by atoms with Crippen LogP contribution in [0.3, 0.4) is 0 Å². The number of nitrogens with zero attached hydrogens (tertiary/aromatic N) is 2. The van der Waals surface area contributed by atoms with Crippen molar-refractivity contribution in [1.29, 1.82) is 0 Å². The van der Waals surface area contributed by atoms with E-state index in [1.807, 2.05) is 25.1 Å². The molecule has 2 aromatic heterocycles. The smallest absolute Gasteiger partial charge is 0.192 e. The Hall–Kier alpha value is -0.690. The van der Waals surface area contributed by atoms with Gasteiger partial charge in [0.1, 0.15) is 0 Å². The van der Waals surface area contributed by atoms with Crippen LogP contribution >= 0.6 is 34.2 Å². The number of hydrogen-bond acceptors (Lipinski definition) is 4. The average Bonchev–Trinajstić information content (AvgIpc) is 2.61. The highest BCUT2D eigenvalue weighted by Crippen LogP contribution is 2.31. The van der Waals surface area contributed by atoms with Gasteiger partial charge in [-0.25, -0.2) is 4.98 Å². The molecule has 3 nitrogen and oxygen atoms in total. The molecule has 0 saturated carbocycles. The van der Waals surface area contributed by atoms with E-state index in [-0.39, 0.29) is 0 Å². The number of nitrogens with one attached hydrogen (secondary N) is 1. The molecule has 0 bridgehead atoms. The van der Waals surface area contributed by atoms with Crippen molar-refractivity contribution in [2.24, 2.45) is 0 Å². The summed E-state index contributed by atoms with van der Waals surface area (Å²) in [5, 5.41) is 0.920. The summed E-state index contributed by atoms with van der Waals surface area (Å²) in [6, 6.07) is 5.90. The van der Waals surface area contributed by atoms with Gasteiger partial charge < -0.3 is 3.53 Å². The quantitative estimate of drug-likeness (QED) is 0.682. The summed E-state index contributed by atoms with van der Waals surface area (Å²) >= 11 is 3.70. The summed E-state index contributed by atoms with van der Waals surface area (Å²) in [5.41, 5.74) is 2.01. The normalized spacial score (nSPS) is 10.1. The van der Waals surface area contributed by atoms with Crippen molar-refractivity contribution in [1.82, 2.24) is 9.97 Å². The second-order valence-electron chi connectivity index (χ2n) is 2.74. The molecule has 14 heavy (non-hydrogen) atoms. The number of hydrogen-bond donors (Lipinski definition) is 1. The van der Waals surface area contributed by atoms with E-state index in [0.717, 1.165) is 21.4 Å². The molecular formula is C9H8IN3S. The van der Waals surface area contributed by atoms with Gasteiger partial charge in [-0.05, 0) is 19.1 Å². The highest BCUT2D eigenvalue weighted by atomic mass is 127. The van der Waals surface area contributed by atoms with E-state index in [9.17, 15) is 0 Å². The second kappa shape index (κ2) is 4.22. The van der Waals surface area contributed by atoms with Crippen LogP contribution in [0.4, 0.5) is 5.13 Å². The van der Waals surface area contributed by atoms with Crippen molar-refractivity contribution >= 4 is 39.3 Å². The first kappa shape index (κ1) is 9.85. The molecule has 0 aliphatic carbocycles. The van der Waals surface area contributed by atoms with Gasteiger partial charge in [0.05, 0.1) is 39.1 Å². The predicted octanol–water partition coefficient (Wildman–Crippen LogP) is 3.28. The number of pyridine rings is 1. The first-order valence-electron chi connectivity index (χ1n) is 4.06. The van der Waals surface area contributed by atoms with Crippen LogP contribution in [0, 0.1) is 6.92 Å². The third-order valence-electron chi connectivity index (χ3n) is 1.77. The summed E-state index contributed by atoms with van der Waals surface area (Å²) in [4.78, 5) is 9.79. The van der Waals surface area contributed by atoms with Crippen LogP contribution in [0.1, 0.15) is 5.69 Å². The molecule has 0 fully saturated rings. The predicted molar refractivity (Wildman–Crippen MR) is 67.7 cm³/mol. The summed E-state index contributed by atoms with van der Waals surface area (Å²) < 4.78 is 3.01. The zero-order chi connectivity index (χ0) is 9.97. The number of rotatable bonds is 2. The van der Waals surface area contributed by atoms with E-state index in [0.29, 0.717) is 0 Å². The molecule has 0 saturated heterocycles. The Balaban J connectivity index is 2.46. The largest absolute Gasteiger partial charge is 0.304 e. The minimum absolute atomic E-state index is 0.920. The summed E-state index contributed by atoms with van der Waals surface area (Å²) in [7, 11) is 0. The Labute approximate surface area is 100 Å². The minimum atomic E-state index is 0.920. The highest BCUT2D eigenvalue weighted by Gasteiger charge is 2.09. The fourth-order valence-corrected chi connectivity index (χ4v) is 2.46. The molecule has 0 aliphatic heterocycles. The fraction of sp³-hybridized carbons (Fsp3) is 0.111. The molecule has 2 rings (SSSR count). The minimum Gasteiger partial charge on any atom is -0.304 e. The first-order valence-corrected chi connectivity index (χ1v) is 5.96. The van der Waals surface area contributed by atoms with Gasteiger partial charge in [-0.1, -0.05) is 17.4 Å². The molecule has 0 aliphatic rings. The zero-order valence-electron chi connectivity index (χ0n) is 7.49. The summed E-state index contributed by atoms with van der Waals surface area (Å²) in [6.07, 6.45) is 1.80. The molecule has 0 unspecified atom stereocenters. The third kappa shape index (κ3) is 1.88. The monoisotopic (exact) mass is 317 g/mol. The van der Waals surface area contributed by atoms with Gasteiger partial charge >= 0.3 is 0 Å². The van der Waals surface area contributed by atoms with E-state index in [1.165, 1.54) is 0 Å².